The van der Waals surface area contributed by atoms with Crippen molar-refractivity contribution < 1.29 is 14.7 Å². The number of pyridine rings is 1. The highest BCUT2D eigenvalue weighted by molar-refractivity contribution is 5.87. The Bertz CT molecular complexity index is 704. The number of aromatic nitrogens is 3. The predicted octanol–water partition coefficient (Wildman–Crippen LogP) is 1.86. The quantitative estimate of drug-likeness (QED) is 0.878. The van der Waals surface area contributed by atoms with Gasteiger partial charge in [-0.1, -0.05) is 0 Å². The molecule has 2 rings (SSSR count). The van der Waals surface area contributed by atoms with E-state index in [9.17, 15) is 9.59 Å². The number of carboxylic acid groups (broad SMARTS) is 1. The molecule has 7 nitrogen and oxygen atoms in total. The molecule has 0 atom stereocenters. The first-order valence-electron chi connectivity index (χ1n) is 6.89. The number of aryl methyl sites for hydroxylation is 1. The van der Waals surface area contributed by atoms with Gasteiger partial charge < -0.3 is 10.4 Å². The standard InChI is InChI=1S/C15H18N4O3/c1-9-13(5-7-15(21)22)10(2)19(18-9)12-4-6-14(16-8-12)17-11(3)20/h4,6,8H,5,7H2,1-3H3,(H,21,22)(H,16,17,20). The Morgan fingerprint density at radius 2 is 2.05 bits per heavy atom. The van der Waals surface area contributed by atoms with E-state index in [1.165, 1.54) is 6.92 Å². The molecule has 0 bridgehead atoms. The van der Waals surface area contributed by atoms with Crippen molar-refractivity contribution in [2.75, 3.05) is 5.32 Å². The van der Waals surface area contributed by atoms with E-state index in [0.717, 1.165) is 22.6 Å². The fourth-order valence-electron chi connectivity index (χ4n) is 2.29. The zero-order valence-electron chi connectivity index (χ0n) is 12.8. The summed E-state index contributed by atoms with van der Waals surface area (Å²) in [5.41, 5.74) is 3.40. The van der Waals surface area contributed by atoms with Crippen molar-refractivity contribution in [1.29, 1.82) is 0 Å². The van der Waals surface area contributed by atoms with E-state index >= 15 is 0 Å². The van der Waals surface area contributed by atoms with E-state index in [-0.39, 0.29) is 12.3 Å². The first-order valence-corrected chi connectivity index (χ1v) is 6.89. The minimum Gasteiger partial charge on any atom is -0.481 e. The van der Waals surface area contributed by atoms with Crippen molar-refractivity contribution in [3.05, 3.63) is 35.3 Å². The Morgan fingerprint density at radius 1 is 1.32 bits per heavy atom. The van der Waals surface area contributed by atoms with Gasteiger partial charge in [-0.3, -0.25) is 9.59 Å². The SMILES string of the molecule is CC(=O)Nc1ccc(-n2nc(C)c(CCC(=O)O)c2C)cn1. The van der Waals surface area contributed by atoms with Gasteiger partial charge in [-0.2, -0.15) is 5.10 Å². The molecule has 0 aliphatic rings. The van der Waals surface area contributed by atoms with Crippen molar-refractivity contribution >= 4 is 17.7 Å². The Morgan fingerprint density at radius 3 is 2.59 bits per heavy atom. The van der Waals surface area contributed by atoms with E-state index in [1.54, 1.807) is 23.0 Å². The molecule has 22 heavy (non-hydrogen) atoms. The predicted molar refractivity (Wildman–Crippen MR) is 81.1 cm³/mol. The molecule has 0 aliphatic heterocycles. The van der Waals surface area contributed by atoms with Crippen LogP contribution in [-0.4, -0.2) is 31.7 Å². The second kappa shape index (κ2) is 6.38. The fourth-order valence-corrected chi connectivity index (χ4v) is 2.29. The molecule has 2 aromatic rings. The maximum Gasteiger partial charge on any atom is 0.303 e. The summed E-state index contributed by atoms with van der Waals surface area (Å²) in [6.45, 7) is 5.18. The largest absolute Gasteiger partial charge is 0.481 e. The van der Waals surface area contributed by atoms with Crippen molar-refractivity contribution in [3.63, 3.8) is 0 Å². The third-order valence-electron chi connectivity index (χ3n) is 3.33. The van der Waals surface area contributed by atoms with Crippen LogP contribution in [0.4, 0.5) is 5.82 Å². The molecule has 2 aromatic heterocycles. The molecule has 116 valence electrons. The first kappa shape index (κ1) is 15.7. The summed E-state index contributed by atoms with van der Waals surface area (Å²) in [6, 6.07) is 3.50. The number of rotatable bonds is 5. The lowest BCUT2D eigenvalue weighted by atomic mass is 10.1. The lowest BCUT2D eigenvalue weighted by Gasteiger charge is -2.06. The highest BCUT2D eigenvalue weighted by Gasteiger charge is 2.14. The number of anilines is 1. The number of amides is 1. The van der Waals surface area contributed by atoms with E-state index in [2.05, 4.69) is 15.4 Å². The Kier molecular flexibility index (Phi) is 4.55. The molecule has 2 N–H and O–H groups in total. The highest BCUT2D eigenvalue weighted by Crippen LogP contribution is 2.19. The molecule has 0 saturated carbocycles. The number of carbonyl (C=O) groups excluding carboxylic acids is 1. The van der Waals surface area contributed by atoms with Gasteiger partial charge in [0.15, 0.2) is 0 Å². The Labute approximate surface area is 128 Å². The maximum absolute atomic E-state index is 11.0. The summed E-state index contributed by atoms with van der Waals surface area (Å²) in [6.07, 6.45) is 2.14. The van der Waals surface area contributed by atoms with Crippen LogP contribution in [0.15, 0.2) is 18.3 Å². The minimum absolute atomic E-state index is 0.0765. The molecular formula is C15H18N4O3. The van der Waals surface area contributed by atoms with Gasteiger partial charge in [0.1, 0.15) is 5.82 Å². The number of hydrogen-bond acceptors (Lipinski definition) is 4. The molecule has 0 saturated heterocycles. The molecule has 1 amide bonds. The van der Waals surface area contributed by atoms with Crippen molar-refractivity contribution in [2.24, 2.45) is 0 Å². The number of hydrogen-bond donors (Lipinski definition) is 2. The Balaban J connectivity index is 2.27. The summed E-state index contributed by atoms with van der Waals surface area (Å²) in [7, 11) is 0. The molecule has 0 aromatic carbocycles. The highest BCUT2D eigenvalue weighted by atomic mass is 16.4. The van der Waals surface area contributed by atoms with Crippen molar-refractivity contribution in [2.45, 2.75) is 33.6 Å². The number of aliphatic carboxylic acids is 1. The van der Waals surface area contributed by atoms with Gasteiger partial charge in [-0.25, -0.2) is 9.67 Å². The van der Waals surface area contributed by atoms with E-state index in [0.29, 0.717) is 12.2 Å². The molecule has 0 spiro atoms. The van der Waals surface area contributed by atoms with Gasteiger partial charge in [-0.05, 0) is 38.0 Å². The van der Waals surface area contributed by atoms with Crippen LogP contribution in [0.25, 0.3) is 5.69 Å². The van der Waals surface area contributed by atoms with Crippen LogP contribution in [0.1, 0.15) is 30.3 Å². The second-order valence-corrected chi connectivity index (χ2v) is 5.04. The van der Waals surface area contributed by atoms with E-state index in [4.69, 9.17) is 5.11 Å². The smallest absolute Gasteiger partial charge is 0.303 e. The molecule has 0 fully saturated rings. The lowest BCUT2D eigenvalue weighted by molar-refractivity contribution is -0.137. The summed E-state index contributed by atoms with van der Waals surface area (Å²) in [5.74, 6) is -0.529. The fraction of sp³-hybridized carbons (Fsp3) is 0.333. The monoisotopic (exact) mass is 302 g/mol. The molecule has 0 unspecified atom stereocenters. The van der Waals surface area contributed by atoms with E-state index < -0.39 is 5.97 Å². The maximum atomic E-state index is 11.0. The first-order chi connectivity index (χ1) is 10.4. The third-order valence-corrected chi connectivity index (χ3v) is 3.33. The van der Waals surface area contributed by atoms with Crippen LogP contribution in [0.5, 0.6) is 0 Å². The molecule has 0 radical (unpaired) electrons. The average Bonchev–Trinajstić information content (AvgIpc) is 2.72. The van der Waals surface area contributed by atoms with E-state index in [1.807, 2.05) is 13.8 Å². The third kappa shape index (κ3) is 3.49. The van der Waals surface area contributed by atoms with Gasteiger partial charge in [0, 0.05) is 19.0 Å². The van der Waals surface area contributed by atoms with Gasteiger partial charge in [0.05, 0.1) is 17.6 Å². The Hall–Kier alpha value is -2.70. The van der Waals surface area contributed by atoms with Crippen LogP contribution in [0.3, 0.4) is 0 Å². The van der Waals surface area contributed by atoms with Gasteiger partial charge >= 0.3 is 5.97 Å². The summed E-state index contributed by atoms with van der Waals surface area (Å²) in [4.78, 5) is 25.9. The summed E-state index contributed by atoms with van der Waals surface area (Å²) < 4.78 is 1.73. The molecule has 7 heteroatoms. The van der Waals surface area contributed by atoms with Crippen molar-refractivity contribution in [3.8, 4) is 5.69 Å². The summed E-state index contributed by atoms with van der Waals surface area (Å²) >= 11 is 0. The molecule has 0 aliphatic carbocycles. The van der Waals surface area contributed by atoms with Crippen LogP contribution >= 0.6 is 0 Å². The number of carbonyl (C=O) groups is 2. The van der Waals surface area contributed by atoms with Crippen LogP contribution in [0.2, 0.25) is 0 Å². The van der Waals surface area contributed by atoms with Crippen molar-refractivity contribution in [1.82, 2.24) is 14.8 Å². The molecule has 2 heterocycles. The summed E-state index contributed by atoms with van der Waals surface area (Å²) in [5, 5.41) is 15.9. The molecular weight excluding hydrogens is 284 g/mol. The van der Waals surface area contributed by atoms with Crippen LogP contribution in [-0.2, 0) is 16.0 Å². The van der Waals surface area contributed by atoms with Gasteiger partial charge in [0.2, 0.25) is 5.91 Å². The zero-order chi connectivity index (χ0) is 16.3. The van der Waals surface area contributed by atoms with Gasteiger partial charge in [-0.15, -0.1) is 0 Å². The second-order valence-electron chi connectivity index (χ2n) is 5.04. The topological polar surface area (TPSA) is 97.1 Å². The average molecular weight is 302 g/mol. The van der Waals surface area contributed by atoms with Gasteiger partial charge in [0.25, 0.3) is 0 Å². The number of nitrogens with one attached hydrogen (secondary N) is 1. The number of carboxylic acids is 1. The lowest BCUT2D eigenvalue weighted by Crippen LogP contribution is -2.08. The minimum atomic E-state index is -0.826. The van der Waals surface area contributed by atoms with Crippen LogP contribution < -0.4 is 5.32 Å². The zero-order valence-corrected chi connectivity index (χ0v) is 12.8. The van der Waals surface area contributed by atoms with Crippen LogP contribution in [0, 0.1) is 13.8 Å². The normalized spacial score (nSPS) is 10.5. The number of nitrogens with zero attached hydrogens (tertiary/aromatic N) is 3.